The van der Waals surface area contributed by atoms with E-state index in [0.717, 1.165) is 0 Å². The molecule has 0 spiro atoms. The van der Waals surface area contributed by atoms with Gasteiger partial charge in [-0.2, -0.15) is 0 Å². The van der Waals surface area contributed by atoms with E-state index in [4.69, 9.17) is 5.73 Å². The summed E-state index contributed by atoms with van der Waals surface area (Å²) in [7, 11) is 0. The predicted molar refractivity (Wildman–Crippen MR) is 75.6 cm³/mol. The van der Waals surface area contributed by atoms with Gasteiger partial charge < -0.3 is 16.4 Å². The van der Waals surface area contributed by atoms with Crippen molar-refractivity contribution in [2.24, 2.45) is 5.73 Å². The minimum atomic E-state index is -0.569. The van der Waals surface area contributed by atoms with Gasteiger partial charge in [0.1, 0.15) is 6.04 Å². The van der Waals surface area contributed by atoms with Crippen molar-refractivity contribution in [3.8, 4) is 0 Å². The van der Waals surface area contributed by atoms with E-state index in [-0.39, 0.29) is 17.9 Å². The number of benzene rings is 1. The van der Waals surface area contributed by atoms with Crippen LogP contribution in [-0.4, -0.2) is 23.9 Å². The summed E-state index contributed by atoms with van der Waals surface area (Å²) >= 11 is 0. The van der Waals surface area contributed by atoms with Gasteiger partial charge in [-0.3, -0.25) is 9.59 Å². The second-order valence-corrected chi connectivity index (χ2v) is 4.66. The molecule has 19 heavy (non-hydrogen) atoms. The smallest absolute Gasteiger partial charge is 0.246 e. The van der Waals surface area contributed by atoms with Crippen LogP contribution in [0.25, 0.3) is 0 Å². The maximum atomic E-state index is 11.8. The number of amides is 2. The Morgan fingerprint density at radius 3 is 2.42 bits per heavy atom. The number of anilines is 1. The lowest BCUT2D eigenvalue weighted by Crippen LogP contribution is -2.41. The summed E-state index contributed by atoms with van der Waals surface area (Å²) in [6.45, 7) is 3.50. The summed E-state index contributed by atoms with van der Waals surface area (Å²) in [5.74, 6) is -0.395. The maximum Gasteiger partial charge on any atom is 0.246 e. The molecule has 1 aromatic rings. The molecule has 0 aromatic heterocycles. The maximum absolute atomic E-state index is 11.8. The highest BCUT2D eigenvalue weighted by atomic mass is 16.2. The van der Waals surface area contributed by atoms with Crippen LogP contribution in [0.3, 0.4) is 0 Å². The Morgan fingerprint density at radius 1 is 1.21 bits per heavy atom. The van der Waals surface area contributed by atoms with Crippen LogP contribution in [-0.2, 0) is 9.59 Å². The Labute approximate surface area is 113 Å². The first-order valence-corrected chi connectivity index (χ1v) is 6.40. The van der Waals surface area contributed by atoms with E-state index in [2.05, 4.69) is 10.6 Å². The van der Waals surface area contributed by atoms with Gasteiger partial charge >= 0.3 is 0 Å². The Hall–Kier alpha value is -1.88. The van der Waals surface area contributed by atoms with Crippen LogP contribution < -0.4 is 16.4 Å². The average molecular weight is 263 g/mol. The monoisotopic (exact) mass is 263 g/mol. The second-order valence-electron chi connectivity index (χ2n) is 4.66. The van der Waals surface area contributed by atoms with Crippen LogP contribution in [0, 0.1) is 0 Å². The largest absolute Gasteiger partial charge is 0.345 e. The third kappa shape index (κ3) is 6.01. The first-order chi connectivity index (χ1) is 8.99. The number of carbonyl (C=O) groups is 2. The van der Waals surface area contributed by atoms with E-state index in [1.807, 2.05) is 25.1 Å². The van der Waals surface area contributed by atoms with Gasteiger partial charge in [-0.15, -0.1) is 0 Å². The standard InChI is InChI=1S/C14H21N3O2/c1-10(15)8-9-13(18)16-11(2)14(19)17-12-6-4-3-5-7-12/h3-7,10-11H,8-9,15H2,1-2H3,(H,16,18)(H,17,19). The van der Waals surface area contributed by atoms with Gasteiger partial charge in [0, 0.05) is 18.2 Å². The summed E-state index contributed by atoms with van der Waals surface area (Å²) in [4.78, 5) is 23.4. The van der Waals surface area contributed by atoms with Crippen molar-refractivity contribution in [3.05, 3.63) is 30.3 Å². The highest BCUT2D eigenvalue weighted by Gasteiger charge is 2.15. The molecule has 5 heteroatoms. The molecule has 2 unspecified atom stereocenters. The SMILES string of the molecule is CC(N)CCC(=O)NC(C)C(=O)Nc1ccccc1. The zero-order valence-corrected chi connectivity index (χ0v) is 11.3. The zero-order valence-electron chi connectivity index (χ0n) is 11.3. The number of para-hydroxylation sites is 1. The average Bonchev–Trinajstić information content (AvgIpc) is 2.37. The van der Waals surface area contributed by atoms with Crippen LogP contribution in [0.2, 0.25) is 0 Å². The molecule has 2 atom stereocenters. The van der Waals surface area contributed by atoms with E-state index < -0.39 is 6.04 Å². The lowest BCUT2D eigenvalue weighted by atomic mass is 10.2. The molecule has 0 heterocycles. The van der Waals surface area contributed by atoms with Gasteiger partial charge in [-0.05, 0) is 32.4 Å². The van der Waals surface area contributed by atoms with Crippen LogP contribution >= 0.6 is 0 Å². The predicted octanol–water partition coefficient (Wildman–Crippen LogP) is 1.26. The summed E-state index contributed by atoms with van der Waals surface area (Å²) in [6, 6.07) is 8.54. The van der Waals surface area contributed by atoms with Crippen molar-refractivity contribution in [1.29, 1.82) is 0 Å². The molecule has 0 aliphatic carbocycles. The van der Waals surface area contributed by atoms with Crippen LogP contribution in [0.1, 0.15) is 26.7 Å². The Bertz CT molecular complexity index is 418. The van der Waals surface area contributed by atoms with Crippen LogP contribution in [0.15, 0.2) is 30.3 Å². The fraction of sp³-hybridized carbons (Fsp3) is 0.429. The molecule has 1 aromatic carbocycles. The summed E-state index contributed by atoms with van der Waals surface area (Å²) < 4.78 is 0. The Morgan fingerprint density at radius 2 is 1.84 bits per heavy atom. The van der Waals surface area contributed by atoms with E-state index in [0.29, 0.717) is 18.5 Å². The van der Waals surface area contributed by atoms with Crippen LogP contribution in [0.4, 0.5) is 5.69 Å². The third-order valence-electron chi connectivity index (χ3n) is 2.64. The fourth-order valence-corrected chi connectivity index (χ4v) is 1.51. The molecule has 104 valence electrons. The quantitative estimate of drug-likeness (QED) is 0.722. The number of nitrogens with one attached hydrogen (secondary N) is 2. The summed E-state index contributed by atoms with van der Waals surface area (Å²) in [6.07, 6.45) is 0.944. The van der Waals surface area contributed by atoms with E-state index in [1.165, 1.54) is 0 Å². The topological polar surface area (TPSA) is 84.2 Å². The first-order valence-electron chi connectivity index (χ1n) is 6.40. The number of nitrogens with two attached hydrogens (primary N) is 1. The molecule has 4 N–H and O–H groups in total. The summed E-state index contributed by atoms with van der Waals surface area (Å²) in [5, 5.41) is 5.38. The van der Waals surface area contributed by atoms with E-state index in [9.17, 15) is 9.59 Å². The lowest BCUT2D eigenvalue weighted by molar-refractivity contribution is -0.126. The highest BCUT2D eigenvalue weighted by Crippen LogP contribution is 2.05. The van der Waals surface area contributed by atoms with Gasteiger partial charge in [-0.1, -0.05) is 18.2 Å². The van der Waals surface area contributed by atoms with Gasteiger partial charge in [0.15, 0.2) is 0 Å². The number of rotatable bonds is 6. The third-order valence-corrected chi connectivity index (χ3v) is 2.64. The normalized spacial score (nSPS) is 13.4. The molecule has 0 aliphatic heterocycles. The molecule has 5 nitrogen and oxygen atoms in total. The van der Waals surface area contributed by atoms with Gasteiger partial charge in [-0.25, -0.2) is 0 Å². The van der Waals surface area contributed by atoms with Crippen molar-refractivity contribution in [2.75, 3.05) is 5.32 Å². The fourth-order valence-electron chi connectivity index (χ4n) is 1.51. The van der Waals surface area contributed by atoms with Gasteiger partial charge in [0.05, 0.1) is 0 Å². The van der Waals surface area contributed by atoms with Crippen molar-refractivity contribution in [3.63, 3.8) is 0 Å². The second kappa shape index (κ2) is 7.53. The molecule has 1 rings (SSSR count). The molecular weight excluding hydrogens is 242 g/mol. The minimum Gasteiger partial charge on any atom is -0.345 e. The Balaban J connectivity index is 2.38. The van der Waals surface area contributed by atoms with Gasteiger partial charge in [0.25, 0.3) is 0 Å². The Kier molecular flexibility index (Phi) is 6.02. The van der Waals surface area contributed by atoms with Crippen molar-refractivity contribution < 1.29 is 9.59 Å². The van der Waals surface area contributed by atoms with E-state index >= 15 is 0 Å². The molecule has 2 amide bonds. The highest BCUT2D eigenvalue weighted by molar-refractivity contribution is 5.96. The van der Waals surface area contributed by atoms with Crippen LogP contribution in [0.5, 0.6) is 0 Å². The number of carbonyl (C=O) groups excluding carboxylic acids is 2. The molecule has 0 saturated heterocycles. The molecular formula is C14H21N3O2. The first kappa shape index (κ1) is 15.2. The molecule has 0 aliphatic rings. The zero-order chi connectivity index (χ0) is 14.3. The lowest BCUT2D eigenvalue weighted by Gasteiger charge is -2.14. The number of hydrogen-bond acceptors (Lipinski definition) is 3. The summed E-state index contributed by atoms with van der Waals surface area (Å²) in [5.41, 5.74) is 6.29. The number of hydrogen-bond donors (Lipinski definition) is 3. The van der Waals surface area contributed by atoms with Crippen molar-refractivity contribution in [1.82, 2.24) is 5.32 Å². The molecule has 0 saturated carbocycles. The van der Waals surface area contributed by atoms with Gasteiger partial charge in [0.2, 0.25) is 11.8 Å². The molecule has 0 fully saturated rings. The van der Waals surface area contributed by atoms with E-state index in [1.54, 1.807) is 19.1 Å². The van der Waals surface area contributed by atoms with Crippen molar-refractivity contribution >= 4 is 17.5 Å². The molecule has 0 bridgehead atoms. The van der Waals surface area contributed by atoms with Crippen molar-refractivity contribution in [2.45, 2.75) is 38.8 Å². The molecule has 0 radical (unpaired) electrons. The minimum absolute atomic E-state index is 0.0146.